The summed E-state index contributed by atoms with van der Waals surface area (Å²) in [7, 11) is 0. The molecule has 0 amide bonds. The van der Waals surface area contributed by atoms with Crippen LogP contribution in [0.4, 0.5) is 13.2 Å². The summed E-state index contributed by atoms with van der Waals surface area (Å²) >= 11 is 0. The Morgan fingerprint density at radius 3 is 2.44 bits per heavy atom. The van der Waals surface area contributed by atoms with Gasteiger partial charge in [-0.25, -0.2) is 13.2 Å². The first-order chi connectivity index (χ1) is 7.49. The first kappa shape index (κ1) is 12.5. The van der Waals surface area contributed by atoms with Crippen molar-refractivity contribution in [3.63, 3.8) is 0 Å². The van der Waals surface area contributed by atoms with Gasteiger partial charge in [0, 0.05) is 6.07 Å². The smallest absolute Gasteiger partial charge is 0.191 e. The van der Waals surface area contributed by atoms with E-state index in [1.165, 1.54) is 0 Å². The SMILES string of the molecule is CCCOc1c(F)cc(F)c(C(C)=O)c1F. The van der Waals surface area contributed by atoms with Gasteiger partial charge in [0.1, 0.15) is 5.82 Å². The Balaban J connectivity index is 3.27. The van der Waals surface area contributed by atoms with E-state index in [1.807, 2.05) is 0 Å². The predicted octanol–water partition coefficient (Wildman–Crippen LogP) is 3.10. The van der Waals surface area contributed by atoms with Gasteiger partial charge in [0.05, 0.1) is 12.2 Å². The van der Waals surface area contributed by atoms with Crippen LogP contribution in [0, 0.1) is 17.5 Å². The number of Topliss-reactive ketones (excluding diaryl/α,β-unsaturated/α-hetero) is 1. The van der Waals surface area contributed by atoms with Gasteiger partial charge >= 0.3 is 0 Å². The molecule has 0 atom stereocenters. The molecule has 1 aromatic rings. The van der Waals surface area contributed by atoms with E-state index < -0.39 is 34.5 Å². The van der Waals surface area contributed by atoms with Crippen LogP contribution in [0.15, 0.2) is 6.07 Å². The second-order valence-electron chi connectivity index (χ2n) is 3.26. The Bertz CT molecular complexity index is 416. The number of ether oxygens (including phenoxy) is 1. The zero-order chi connectivity index (χ0) is 12.3. The molecule has 0 aliphatic carbocycles. The van der Waals surface area contributed by atoms with Crippen LogP contribution in [0.5, 0.6) is 5.75 Å². The van der Waals surface area contributed by atoms with Gasteiger partial charge in [0.15, 0.2) is 23.2 Å². The molecule has 0 fully saturated rings. The van der Waals surface area contributed by atoms with Crippen molar-refractivity contribution in [2.24, 2.45) is 0 Å². The zero-order valence-corrected chi connectivity index (χ0v) is 8.94. The van der Waals surface area contributed by atoms with Crippen molar-refractivity contribution >= 4 is 5.78 Å². The van der Waals surface area contributed by atoms with E-state index in [4.69, 9.17) is 4.74 Å². The summed E-state index contributed by atoms with van der Waals surface area (Å²) in [5, 5.41) is 0. The lowest BCUT2D eigenvalue weighted by Gasteiger charge is -2.10. The van der Waals surface area contributed by atoms with E-state index in [2.05, 4.69) is 0 Å². The van der Waals surface area contributed by atoms with Crippen LogP contribution in [0.2, 0.25) is 0 Å². The lowest BCUT2D eigenvalue weighted by Crippen LogP contribution is -2.08. The summed E-state index contributed by atoms with van der Waals surface area (Å²) in [6, 6.07) is 0.449. The molecule has 2 nitrogen and oxygen atoms in total. The van der Waals surface area contributed by atoms with Crippen molar-refractivity contribution in [1.29, 1.82) is 0 Å². The lowest BCUT2D eigenvalue weighted by atomic mass is 10.1. The molecule has 0 radical (unpaired) electrons. The average Bonchev–Trinajstić information content (AvgIpc) is 2.16. The normalized spacial score (nSPS) is 10.3. The molecule has 0 heterocycles. The Morgan fingerprint density at radius 1 is 1.31 bits per heavy atom. The molecule has 0 N–H and O–H groups in total. The number of benzene rings is 1. The van der Waals surface area contributed by atoms with Gasteiger partial charge in [-0.05, 0) is 13.3 Å². The first-order valence-electron chi connectivity index (χ1n) is 4.80. The molecule has 0 aliphatic heterocycles. The van der Waals surface area contributed by atoms with Gasteiger partial charge in [-0.15, -0.1) is 0 Å². The van der Waals surface area contributed by atoms with Crippen LogP contribution in [0.1, 0.15) is 30.6 Å². The fraction of sp³-hybridized carbons (Fsp3) is 0.364. The van der Waals surface area contributed by atoms with Crippen LogP contribution in [0.3, 0.4) is 0 Å². The number of ketones is 1. The lowest BCUT2D eigenvalue weighted by molar-refractivity contribution is 0.100. The molecule has 0 saturated heterocycles. The number of carbonyl (C=O) groups is 1. The number of hydrogen-bond donors (Lipinski definition) is 0. The maximum absolute atomic E-state index is 13.5. The Labute approximate surface area is 91.0 Å². The minimum atomic E-state index is -1.28. The zero-order valence-electron chi connectivity index (χ0n) is 8.94. The van der Waals surface area contributed by atoms with Crippen LogP contribution < -0.4 is 4.74 Å². The number of hydrogen-bond acceptors (Lipinski definition) is 2. The molecule has 0 spiro atoms. The summed E-state index contributed by atoms with van der Waals surface area (Å²) < 4.78 is 44.6. The third-order valence-corrected chi connectivity index (χ3v) is 1.93. The minimum absolute atomic E-state index is 0.0941. The van der Waals surface area contributed by atoms with Crippen molar-refractivity contribution in [1.82, 2.24) is 0 Å². The van der Waals surface area contributed by atoms with Gasteiger partial charge < -0.3 is 4.74 Å². The second kappa shape index (κ2) is 5.01. The molecule has 1 rings (SSSR count). The van der Waals surface area contributed by atoms with Crippen molar-refractivity contribution in [3.05, 3.63) is 29.1 Å². The van der Waals surface area contributed by atoms with Crippen molar-refractivity contribution in [2.75, 3.05) is 6.61 Å². The highest BCUT2D eigenvalue weighted by Gasteiger charge is 2.22. The first-order valence-corrected chi connectivity index (χ1v) is 4.80. The third kappa shape index (κ3) is 2.35. The average molecular weight is 232 g/mol. The maximum Gasteiger partial charge on any atom is 0.191 e. The van der Waals surface area contributed by atoms with E-state index in [9.17, 15) is 18.0 Å². The van der Waals surface area contributed by atoms with Gasteiger partial charge in [-0.3, -0.25) is 4.79 Å². The van der Waals surface area contributed by atoms with E-state index >= 15 is 0 Å². The molecule has 88 valence electrons. The maximum atomic E-state index is 13.5. The standard InChI is InChI=1S/C11H11F3O2/c1-3-4-16-11-8(13)5-7(12)9(6(2)15)10(11)14/h5H,3-4H2,1-2H3. The highest BCUT2D eigenvalue weighted by Crippen LogP contribution is 2.27. The molecule has 0 bridgehead atoms. The van der Waals surface area contributed by atoms with Gasteiger partial charge in [0.2, 0.25) is 0 Å². The summed E-state index contributed by atoms with van der Waals surface area (Å²) in [4.78, 5) is 11.0. The highest BCUT2D eigenvalue weighted by atomic mass is 19.1. The van der Waals surface area contributed by atoms with Gasteiger partial charge in [0.25, 0.3) is 0 Å². The number of halogens is 3. The van der Waals surface area contributed by atoms with Crippen molar-refractivity contribution in [3.8, 4) is 5.75 Å². The van der Waals surface area contributed by atoms with Crippen LogP contribution >= 0.6 is 0 Å². The molecular weight excluding hydrogens is 221 g/mol. The Morgan fingerprint density at radius 2 is 1.94 bits per heavy atom. The molecule has 0 saturated carbocycles. The van der Waals surface area contributed by atoms with Crippen LogP contribution in [-0.4, -0.2) is 12.4 Å². The summed E-state index contributed by atoms with van der Waals surface area (Å²) in [6.07, 6.45) is 0.547. The molecule has 5 heteroatoms. The quantitative estimate of drug-likeness (QED) is 0.745. The van der Waals surface area contributed by atoms with E-state index in [-0.39, 0.29) is 6.61 Å². The molecule has 0 unspecified atom stereocenters. The Kier molecular flexibility index (Phi) is 3.93. The van der Waals surface area contributed by atoms with E-state index in [0.29, 0.717) is 12.5 Å². The summed E-state index contributed by atoms with van der Waals surface area (Å²) in [6.45, 7) is 2.85. The van der Waals surface area contributed by atoms with Gasteiger partial charge in [-0.2, -0.15) is 0 Å². The number of carbonyl (C=O) groups excluding carboxylic acids is 1. The molecule has 0 aromatic heterocycles. The molecular formula is C11H11F3O2. The highest BCUT2D eigenvalue weighted by molar-refractivity contribution is 5.95. The van der Waals surface area contributed by atoms with Crippen LogP contribution in [-0.2, 0) is 0 Å². The topological polar surface area (TPSA) is 26.3 Å². The second-order valence-corrected chi connectivity index (χ2v) is 3.26. The fourth-order valence-corrected chi connectivity index (χ4v) is 1.23. The van der Waals surface area contributed by atoms with Gasteiger partial charge in [-0.1, -0.05) is 6.92 Å². The largest absolute Gasteiger partial charge is 0.488 e. The van der Waals surface area contributed by atoms with E-state index in [0.717, 1.165) is 6.92 Å². The third-order valence-electron chi connectivity index (χ3n) is 1.93. The summed E-state index contributed by atoms with van der Waals surface area (Å²) in [5.41, 5.74) is -0.771. The van der Waals surface area contributed by atoms with Crippen molar-refractivity contribution in [2.45, 2.75) is 20.3 Å². The molecule has 0 aliphatic rings. The van der Waals surface area contributed by atoms with Crippen molar-refractivity contribution < 1.29 is 22.7 Å². The summed E-state index contributed by atoms with van der Waals surface area (Å²) in [5.74, 6) is -5.15. The fourth-order valence-electron chi connectivity index (χ4n) is 1.23. The molecule has 16 heavy (non-hydrogen) atoms. The monoisotopic (exact) mass is 232 g/mol. The van der Waals surface area contributed by atoms with Crippen LogP contribution in [0.25, 0.3) is 0 Å². The Hall–Kier alpha value is -1.52. The predicted molar refractivity (Wildman–Crippen MR) is 52.1 cm³/mol. The molecule has 1 aromatic carbocycles. The minimum Gasteiger partial charge on any atom is -0.488 e. The number of rotatable bonds is 4. The van der Waals surface area contributed by atoms with E-state index in [1.54, 1.807) is 6.92 Å².